The van der Waals surface area contributed by atoms with E-state index in [4.69, 9.17) is 11.6 Å². The van der Waals surface area contributed by atoms with Crippen LogP contribution in [0.1, 0.15) is 33.0 Å². The van der Waals surface area contributed by atoms with Gasteiger partial charge in [-0.15, -0.1) is 0 Å². The third-order valence-electron chi connectivity index (χ3n) is 5.13. The van der Waals surface area contributed by atoms with Crippen LogP contribution in [0.3, 0.4) is 0 Å². The van der Waals surface area contributed by atoms with Gasteiger partial charge in [-0.25, -0.2) is 4.39 Å². The zero-order valence-corrected chi connectivity index (χ0v) is 18.1. The van der Waals surface area contributed by atoms with Crippen LogP contribution in [0, 0.1) is 26.6 Å². The SMILES string of the molecule is Cc1ccc(-c2cc(C(=O)Nc3c(C)nn(Cc4ccc(F)cc4Cl)c3C)[nH]n2)cc1. The Labute approximate surface area is 184 Å². The van der Waals surface area contributed by atoms with E-state index in [0.717, 1.165) is 22.4 Å². The monoisotopic (exact) mass is 437 g/mol. The molecule has 0 fully saturated rings. The fourth-order valence-electron chi connectivity index (χ4n) is 3.33. The van der Waals surface area contributed by atoms with Crippen molar-refractivity contribution in [1.82, 2.24) is 20.0 Å². The number of nitrogens with one attached hydrogen (secondary N) is 2. The minimum absolute atomic E-state index is 0.309. The second kappa shape index (κ2) is 8.35. The molecule has 2 N–H and O–H groups in total. The summed E-state index contributed by atoms with van der Waals surface area (Å²) in [6.07, 6.45) is 0. The second-order valence-electron chi connectivity index (χ2n) is 7.43. The molecule has 31 heavy (non-hydrogen) atoms. The van der Waals surface area contributed by atoms with Crippen LogP contribution in [0.25, 0.3) is 11.3 Å². The molecule has 0 spiro atoms. The molecule has 2 aromatic carbocycles. The lowest BCUT2D eigenvalue weighted by molar-refractivity contribution is 0.102. The van der Waals surface area contributed by atoms with Gasteiger partial charge in [0.2, 0.25) is 0 Å². The summed E-state index contributed by atoms with van der Waals surface area (Å²) < 4.78 is 15.0. The Bertz CT molecular complexity index is 1260. The minimum atomic E-state index is -0.389. The fraction of sp³-hybridized carbons (Fsp3) is 0.174. The van der Waals surface area contributed by atoms with E-state index in [1.807, 2.05) is 45.0 Å². The van der Waals surface area contributed by atoms with Gasteiger partial charge in [0.05, 0.1) is 29.3 Å². The van der Waals surface area contributed by atoms with Crippen molar-refractivity contribution >= 4 is 23.2 Å². The smallest absolute Gasteiger partial charge is 0.273 e. The van der Waals surface area contributed by atoms with Gasteiger partial charge in [0.25, 0.3) is 5.91 Å². The van der Waals surface area contributed by atoms with Crippen LogP contribution < -0.4 is 5.32 Å². The van der Waals surface area contributed by atoms with E-state index < -0.39 is 0 Å². The Kier molecular flexibility index (Phi) is 5.61. The number of aromatic nitrogens is 4. The zero-order valence-electron chi connectivity index (χ0n) is 17.3. The van der Waals surface area contributed by atoms with Crippen LogP contribution in [0.5, 0.6) is 0 Å². The normalized spacial score (nSPS) is 11.0. The number of H-pyrrole nitrogens is 1. The molecule has 2 heterocycles. The molecule has 0 aliphatic carbocycles. The standard InChI is InChI=1S/C23H21ClFN5O/c1-13-4-6-16(7-5-13)20-11-21(28-27-20)23(31)26-22-14(2)29-30(15(22)3)12-17-8-9-18(25)10-19(17)24/h4-11H,12H2,1-3H3,(H,26,31)(H,27,28). The molecule has 0 aliphatic heterocycles. The highest BCUT2D eigenvalue weighted by molar-refractivity contribution is 6.31. The molecule has 0 unspecified atom stereocenters. The molecule has 0 aliphatic rings. The van der Waals surface area contributed by atoms with Gasteiger partial charge >= 0.3 is 0 Å². The molecule has 2 aromatic heterocycles. The van der Waals surface area contributed by atoms with Crippen molar-refractivity contribution in [2.75, 3.05) is 5.32 Å². The summed E-state index contributed by atoms with van der Waals surface area (Å²) in [7, 11) is 0. The van der Waals surface area contributed by atoms with Crippen molar-refractivity contribution in [3.8, 4) is 11.3 Å². The molecule has 4 rings (SSSR count). The van der Waals surface area contributed by atoms with Crippen LogP contribution in [0.2, 0.25) is 5.02 Å². The number of benzene rings is 2. The van der Waals surface area contributed by atoms with Crippen LogP contribution in [-0.4, -0.2) is 25.9 Å². The number of halogens is 2. The number of carbonyl (C=O) groups excluding carboxylic acids is 1. The maximum atomic E-state index is 13.3. The zero-order chi connectivity index (χ0) is 22.1. The average Bonchev–Trinajstić information content (AvgIpc) is 3.32. The number of aromatic amines is 1. The topological polar surface area (TPSA) is 75.6 Å². The molecule has 0 saturated carbocycles. The first kappa shape index (κ1) is 20.8. The number of anilines is 1. The number of amides is 1. The van der Waals surface area contributed by atoms with Crippen LogP contribution in [-0.2, 0) is 6.54 Å². The summed E-state index contributed by atoms with van der Waals surface area (Å²) in [5.41, 5.74) is 5.92. The maximum absolute atomic E-state index is 13.3. The lowest BCUT2D eigenvalue weighted by Gasteiger charge is -2.08. The highest BCUT2D eigenvalue weighted by Gasteiger charge is 2.18. The number of rotatable bonds is 5. The van der Waals surface area contributed by atoms with Gasteiger partial charge in [-0.1, -0.05) is 47.5 Å². The molecular formula is C23H21ClFN5O. The van der Waals surface area contributed by atoms with Crippen LogP contribution in [0.15, 0.2) is 48.5 Å². The highest BCUT2D eigenvalue weighted by atomic mass is 35.5. The van der Waals surface area contributed by atoms with Crippen molar-refractivity contribution in [1.29, 1.82) is 0 Å². The Hall–Kier alpha value is -3.45. The summed E-state index contributed by atoms with van der Waals surface area (Å²) in [6, 6.07) is 13.9. The first-order chi connectivity index (χ1) is 14.8. The van der Waals surface area contributed by atoms with Crippen LogP contribution >= 0.6 is 11.6 Å². The first-order valence-electron chi connectivity index (χ1n) is 9.73. The number of aryl methyl sites for hydroxylation is 2. The van der Waals surface area contributed by atoms with Crippen molar-refractivity contribution in [2.45, 2.75) is 27.3 Å². The van der Waals surface area contributed by atoms with Gasteiger partial charge in [-0.05, 0) is 44.5 Å². The quantitative estimate of drug-likeness (QED) is 0.445. The van der Waals surface area contributed by atoms with Gasteiger partial charge in [-0.2, -0.15) is 10.2 Å². The molecule has 0 saturated heterocycles. The van der Waals surface area contributed by atoms with E-state index in [-0.39, 0.29) is 11.7 Å². The van der Waals surface area contributed by atoms with Gasteiger partial charge < -0.3 is 5.32 Å². The summed E-state index contributed by atoms with van der Waals surface area (Å²) in [6.45, 7) is 6.05. The summed E-state index contributed by atoms with van der Waals surface area (Å²) in [5.74, 6) is -0.698. The van der Waals surface area contributed by atoms with E-state index in [9.17, 15) is 9.18 Å². The predicted molar refractivity (Wildman–Crippen MR) is 119 cm³/mol. The molecule has 6 nitrogen and oxygen atoms in total. The first-order valence-corrected chi connectivity index (χ1v) is 10.1. The molecule has 4 aromatic rings. The second-order valence-corrected chi connectivity index (χ2v) is 7.83. The van der Waals surface area contributed by atoms with Crippen molar-refractivity contribution in [3.63, 3.8) is 0 Å². The van der Waals surface area contributed by atoms with Crippen LogP contribution in [0.4, 0.5) is 10.1 Å². The number of hydrogen-bond donors (Lipinski definition) is 2. The van der Waals surface area contributed by atoms with Crippen molar-refractivity contribution < 1.29 is 9.18 Å². The molecule has 1 amide bonds. The Morgan fingerprint density at radius 3 is 2.58 bits per heavy atom. The number of carbonyl (C=O) groups is 1. The van der Waals surface area contributed by atoms with E-state index in [1.165, 1.54) is 12.1 Å². The van der Waals surface area contributed by atoms with Crippen molar-refractivity contribution in [2.24, 2.45) is 0 Å². The van der Waals surface area contributed by atoms with E-state index in [0.29, 0.717) is 34.3 Å². The van der Waals surface area contributed by atoms with Gasteiger partial charge in [0.15, 0.2) is 0 Å². The number of nitrogens with zero attached hydrogens (tertiary/aromatic N) is 3. The molecule has 0 atom stereocenters. The molecule has 0 radical (unpaired) electrons. The van der Waals surface area contributed by atoms with Gasteiger partial charge in [-0.3, -0.25) is 14.6 Å². The maximum Gasteiger partial charge on any atom is 0.273 e. The summed E-state index contributed by atoms with van der Waals surface area (Å²) >= 11 is 6.14. The van der Waals surface area contributed by atoms with Crippen molar-refractivity contribution in [3.05, 3.63) is 87.6 Å². The molecule has 0 bridgehead atoms. The van der Waals surface area contributed by atoms with Gasteiger partial charge in [0.1, 0.15) is 11.5 Å². The lowest BCUT2D eigenvalue weighted by atomic mass is 10.1. The van der Waals surface area contributed by atoms with E-state index >= 15 is 0 Å². The summed E-state index contributed by atoms with van der Waals surface area (Å²) in [4.78, 5) is 12.8. The van der Waals surface area contributed by atoms with E-state index in [1.54, 1.807) is 16.8 Å². The summed E-state index contributed by atoms with van der Waals surface area (Å²) in [5, 5.41) is 14.8. The third kappa shape index (κ3) is 4.36. The predicted octanol–water partition coefficient (Wildman–Crippen LogP) is 5.29. The Balaban J connectivity index is 1.53. The molecule has 158 valence electrons. The van der Waals surface area contributed by atoms with E-state index in [2.05, 4.69) is 20.6 Å². The highest BCUT2D eigenvalue weighted by Crippen LogP contribution is 2.24. The molecular weight excluding hydrogens is 417 g/mol. The largest absolute Gasteiger partial charge is 0.318 e. The van der Waals surface area contributed by atoms with Gasteiger partial charge in [0, 0.05) is 10.6 Å². The Morgan fingerprint density at radius 1 is 1.13 bits per heavy atom. The average molecular weight is 438 g/mol. The fourth-order valence-corrected chi connectivity index (χ4v) is 3.56. The minimum Gasteiger partial charge on any atom is -0.318 e. The lowest BCUT2D eigenvalue weighted by Crippen LogP contribution is -2.14. The molecule has 8 heteroatoms. The number of hydrogen-bond acceptors (Lipinski definition) is 3. The Morgan fingerprint density at radius 2 is 1.87 bits per heavy atom. The third-order valence-corrected chi connectivity index (χ3v) is 5.48.